The predicted octanol–water partition coefficient (Wildman–Crippen LogP) is 3.80. The molecular formula is C16H10F3N3OS. The fourth-order valence-electron chi connectivity index (χ4n) is 2.05. The summed E-state index contributed by atoms with van der Waals surface area (Å²) >= 11 is 1.18. The summed E-state index contributed by atoms with van der Waals surface area (Å²) in [5.74, 6) is -3.87. The van der Waals surface area contributed by atoms with Crippen molar-refractivity contribution in [2.45, 2.75) is 6.42 Å². The average molecular weight is 349 g/mol. The summed E-state index contributed by atoms with van der Waals surface area (Å²) < 4.78 is 40.0. The third-order valence-electron chi connectivity index (χ3n) is 3.17. The van der Waals surface area contributed by atoms with E-state index in [0.717, 1.165) is 5.56 Å². The van der Waals surface area contributed by atoms with Crippen molar-refractivity contribution in [2.24, 2.45) is 0 Å². The molecule has 24 heavy (non-hydrogen) atoms. The Morgan fingerprint density at radius 1 is 1.12 bits per heavy atom. The largest absolute Gasteiger partial charge is 0.302 e. The van der Waals surface area contributed by atoms with Crippen LogP contribution in [0.3, 0.4) is 0 Å². The van der Waals surface area contributed by atoms with Gasteiger partial charge in [0.2, 0.25) is 5.91 Å². The van der Waals surface area contributed by atoms with Crippen LogP contribution in [0.4, 0.5) is 18.3 Å². The second-order valence-electron chi connectivity index (χ2n) is 4.85. The molecule has 1 amide bonds. The first-order valence-electron chi connectivity index (χ1n) is 6.82. The lowest BCUT2D eigenvalue weighted by Crippen LogP contribution is -2.16. The molecule has 3 rings (SSSR count). The molecule has 0 radical (unpaired) electrons. The van der Waals surface area contributed by atoms with Gasteiger partial charge in [-0.2, -0.15) is 0 Å². The van der Waals surface area contributed by atoms with E-state index in [4.69, 9.17) is 0 Å². The number of aromatic nitrogens is 2. The first-order valence-corrected chi connectivity index (χ1v) is 7.70. The van der Waals surface area contributed by atoms with E-state index in [-0.39, 0.29) is 0 Å². The maximum atomic E-state index is 13.6. The van der Waals surface area contributed by atoms with E-state index >= 15 is 0 Å². The van der Waals surface area contributed by atoms with Crippen LogP contribution in [-0.4, -0.2) is 15.9 Å². The number of hydrogen-bond donors (Lipinski definition) is 1. The molecule has 2 aromatic heterocycles. The summed E-state index contributed by atoms with van der Waals surface area (Å²) in [5, 5.41) is 4.52. The summed E-state index contributed by atoms with van der Waals surface area (Å²) in [7, 11) is 0. The Morgan fingerprint density at radius 3 is 2.46 bits per heavy atom. The number of amides is 1. The van der Waals surface area contributed by atoms with Crippen molar-refractivity contribution in [3.63, 3.8) is 0 Å². The number of benzene rings is 1. The molecule has 8 heteroatoms. The molecule has 0 aliphatic rings. The van der Waals surface area contributed by atoms with Gasteiger partial charge in [-0.3, -0.25) is 9.78 Å². The van der Waals surface area contributed by atoms with Gasteiger partial charge in [-0.15, -0.1) is 11.3 Å². The second kappa shape index (κ2) is 6.79. The summed E-state index contributed by atoms with van der Waals surface area (Å²) in [6.45, 7) is 0. The number of anilines is 1. The van der Waals surface area contributed by atoms with Gasteiger partial charge < -0.3 is 5.32 Å². The van der Waals surface area contributed by atoms with Gasteiger partial charge in [0.15, 0.2) is 5.13 Å². The van der Waals surface area contributed by atoms with Crippen molar-refractivity contribution < 1.29 is 18.0 Å². The maximum Gasteiger partial charge on any atom is 0.230 e. The molecule has 0 saturated heterocycles. The van der Waals surface area contributed by atoms with Crippen LogP contribution in [0, 0.1) is 17.5 Å². The molecule has 0 spiro atoms. The highest BCUT2D eigenvalue weighted by Crippen LogP contribution is 2.24. The van der Waals surface area contributed by atoms with Crippen molar-refractivity contribution in [2.75, 3.05) is 5.32 Å². The number of thiazole rings is 1. The molecule has 0 atom stereocenters. The first-order chi connectivity index (χ1) is 11.5. The van der Waals surface area contributed by atoms with E-state index in [2.05, 4.69) is 15.3 Å². The highest BCUT2D eigenvalue weighted by atomic mass is 32.1. The molecule has 0 fully saturated rings. The Bertz CT molecular complexity index is 860. The molecule has 1 aromatic carbocycles. The summed E-state index contributed by atoms with van der Waals surface area (Å²) in [5.41, 5.74) is 0.994. The molecule has 2 heterocycles. The minimum absolute atomic E-state index is 0.301. The van der Waals surface area contributed by atoms with Gasteiger partial charge in [-0.05, 0) is 12.1 Å². The van der Waals surface area contributed by atoms with Gasteiger partial charge in [0, 0.05) is 41.0 Å². The van der Waals surface area contributed by atoms with Crippen molar-refractivity contribution in [1.82, 2.24) is 9.97 Å². The van der Waals surface area contributed by atoms with Crippen molar-refractivity contribution in [3.05, 3.63) is 65.1 Å². The van der Waals surface area contributed by atoms with Crippen LogP contribution in [-0.2, 0) is 11.2 Å². The Labute approximate surface area is 139 Å². The minimum atomic E-state index is -1.10. The molecule has 3 aromatic rings. The van der Waals surface area contributed by atoms with Crippen LogP contribution < -0.4 is 5.32 Å². The summed E-state index contributed by atoms with van der Waals surface area (Å²) in [6.07, 6.45) is 2.68. The van der Waals surface area contributed by atoms with Gasteiger partial charge in [-0.25, -0.2) is 18.2 Å². The molecule has 0 saturated carbocycles. The quantitative estimate of drug-likeness (QED) is 0.779. The number of halogens is 3. The number of nitrogens with zero attached hydrogens (tertiary/aromatic N) is 2. The molecule has 4 nitrogen and oxygen atoms in total. The Morgan fingerprint density at radius 2 is 1.79 bits per heavy atom. The zero-order chi connectivity index (χ0) is 17.1. The predicted molar refractivity (Wildman–Crippen MR) is 84.0 cm³/mol. The Balaban J connectivity index is 1.71. The number of rotatable bonds is 4. The van der Waals surface area contributed by atoms with E-state index in [1.807, 2.05) is 0 Å². The topological polar surface area (TPSA) is 54.9 Å². The summed E-state index contributed by atoms with van der Waals surface area (Å²) in [6, 6.07) is 4.61. The Hall–Kier alpha value is -2.74. The molecule has 0 unspecified atom stereocenters. The molecule has 0 aliphatic heterocycles. The van der Waals surface area contributed by atoms with Gasteiger partial charge in [0.05, 0.1) is 12.1 Å². The fraction of sp³-hybridized carbons (Fsp3) is 0.0625. The molecule has 1 N–H and O–H groups in total. The monoisotopic (exact) mass is 349 g/mol. The maximum absolute atomic E-state index is 13.6. The van der Waals surface area contributed by atoms with E-state index < -0.39 is 35.3 Å². The van der Waals surface area contributed by atoms with Crippen LogP contribution >= 0.6 is 11.3 Å². The minimum Gasteiger partial charge on any atom is -0.302 e. The van der Waals surface area contributed by atoms with Crippen molar-refractivity contribution in [3.8, 4) is 11.3 Å². The van der Waals surface area contributed by atoms with E-state index in [9.17, 15) is 18.0 Å². The number of pyridine rings is 1. The highest BCUT2D eigenvalue weighted by molar-refractivity contribution is 7.14. The lowest BCUT2D eigenvalue weighted by molar-refractivity contribution is -0.115. The molecule has 122 valence electrons. The number of hydrogen-bond acceptors (Lipinski definition) is 4. The number of carbonyl (C=O) groups excluding carboxylic acids is 1. The van der Waals surface area contributed by atoms with E-state index in [1.54, 1.807) is 29.9 Å². The van der Waals surface area contributed by atoms with Crippen LogP contribution in [0.25, 0.3) is 11.3 Å². The lowest BCUT2D eigenvalue weighted by atomic mass is 10.1. The summed E-state index contributed by atoms with van der Waals surface area (Å²) in [4.78, 5) is 20.1. The average Bonchev–Trinajstić information content (AvgIpc) is 3.00. The first kappa shape index (κ1) is 16.1. The van der Waals surface area contributed by atoms with Crippen LogP contribution in [0.1, 0.15) is 5.56 Å². The van der Waals surface area contributed by atoms with Gasteiger partial charge in [0.25, 0.3) is 0 Å². The highest BCUT2D eigenvalue weighted by Gasteiger charge is 2.16. The SMILES string of the molecule is O=C(Cc1c(F)cc(F)cc1F)Nc1nc(-c2ccncc2)cs1. The van der Waals surface area contributed by atoms with Crippen LogP contribution in [0.5, 0.6) is 0 Å². The zero-order valence-electron chi connectivity index (χ0n) is 12.1. The fourth-order valence-corrected chi connectivity index (χ4v) is 2.79. The third-order valence-corrected chi connectivity index (χ3v) is 3.93. The van der Waals surface area contributed by atoms with Gasteiger partial charge >= 0.3 is 0 Å². The normalized spacial score (nSPS) is 10.6. The van der Waals surface area contributed by atoms with E-state index in [0.29, 0.717) is 23.0 Å². The van der Waals surface area contributed by atoms with Crippen molar-refractivity contribution >= 4 is 22.4 Å². The van der Waals surface area contributed by atoms with Gasteiger partial charge in [0.1, 0.15) is 17.5 Å². The van der Waals surface area contributed by atoms with Crippen LogP contribution in [0.15, 0.2) is 42.0 Å². The second-order valence-corrected chi connectivity index (χ2v) is 5.70. The smallest absolute Gasteiger partial charge is 0.230 e. The number of nitrogens with one attached hydrogen (secondary N) is 1. The Kier molecular flexibility index (Phi) is 4.57. The zero-order valence-corrected chi connectivity index (χ0v) is 12.9. The molecule has 0 aliphatic carbocycles. The van der Waals surface area contributed by atoms with E-state index in [1.165, 1.54) is 11.3 Å². The van der Waals surface area contributed by atoms with Crippen LogP contribution in [0.2, 0.25) is 0 Å². The third kappa shape index (κ3) is 3.60. The number of carbonyl (C=O) groups is 1. The van der Waals surface area contributed by atoms with Gasteiger partial charge in [-0.1, -0.05) is 0 Å². The standard InChI is InChI=1S/C16H10F3N3OS/c17-10-5-12(18)11(13(19)6-10)7-15(23)22-16-21-14(8-24-16)9-1-3-20-4-2-9/h1-6,8H,7H2,(H,21,22,23). The molecule has 0 bridgehead atoms. The molecular weight excluding hydrogens is 339 g/mol. The lowest BCUT2D eigenvalue weighted by Gasteiger charge is -2.05. The van der Waals surface area contributed by atoms with Crippen molar-refractivity contribution in [1.29, 1.82) is 0 Å².